The Morgan fingerprint density at radius 3 is 2.03 bits per heavy atom. The fourth-order valence-electron chi connectivity index (χ4n) is 3.16. The molecule has 9 heteroatoms. The van der Waals surface area contributed by atoms with E-state index in [0.717, 1.165) is 16.4 Å². The number of nitrogens with zero attached hydrogens (tertiary/aromatic N) is 1. The van der Waals surface area contributed by atoms with Crippen LogP contribution < -0.4 is 4.74 Å². The maximum Gasteiger partial charge on any atom is 0.217 e. The maximum absolute atomic E-state index is 14.0. The van der Waals surface area contributed by atoms with Crippen molar-refractivity contribution in [1.29, 1.82) is 0 Å². The quantitative estimate of drug-likeness (QED) is 0.505. The van der Waals surface area contributed by atoms with Gasteiger partial charge in [-0.1, -0.05) is 30.3 Å². The number of aliphatic hydroxyl groups is 1. The fraction of sp³-hybridized carbons (Fsp3) is 0.217. The van der Waals surface area contributed by atoms with Crippen LogP contribution in [0.15, 0.2) is 66.7 Å². The summed E-state index contributed by atoms with van der Waals surface area (Å²) < 4.78 is 59.9. The smallest absolute Gasteiger partial charge is 0.217 e. The van der Waals surface area contributed by atoms with Gasteiger partial charge in [0.2, 0.25) is 10.0 Å². The first-order chi connectivity index (χ1) is 15.2. The number of aromatic hydroxyl groups is 1. The Morgan fingerprint density at radius 1 is 0.938 bits per heavy atom. The van der Waals surface area contributed by atoms with Crippen molar-refractivity contribution in [3.05, 3.63) is 95.1 Å². The van der Waals surface area contributed by atoms with Gasteiger partial charge in [0.25, 0.3) is 0 Å². The third-order valence-electron chi connectivity index (χ3n) is 4.90. The van der Waals surface area contributed by atoms with Crippen LogP contribution in [-0.4, -0.2) is 35.8 Å². The lowest BCUT2D eigenvalue weighted by molar-refractivity contribution is 0.193. The van der Waals surface area contributed by atoms with Gasteiger partial charge in [0.05, 0.1) is 19.0 Å². The molecule has 0 heterocycles. The average molecular weight is 464 g/mol. The van der Waals surface area contributed by atoms with E-state index in [2.05, 4.69) is 0 Å². The van der Waals surface area contributed by atoms with Gasteiger partial charge in [0.15, 0.2) is 0 Å². The van der Waals surface area contributed by atoms with Gasteiger partial charge in [-0.2, -0.15) is 4.31 Å². The van der Waals surface area contributed by atoms with Gasteiger partial charge in [0.1, 0.15) is 23.1 Å². The first-order valence-corrected chi connectivity index (χ1v) is 11.3. The topological polar surface area (TPSA) is 87.1 Å². The Balaban J connectivity index is 1.87. The second-order valence-corrected chi connectivity index (χ2v) is 9.26. The molecule has 3 aromatic carbocycles. The number of sulfonamides is 1. The van der Waals surface area contributed by atoms with Crippen LogP contribution in [-0.2, 0) is 23.1 Å². The summed E-state index contributed by atoms with van der Waals surface area (Å²) in [6.07, 6.45) is -1.68. The molecule has 0 aliphatic heterocycles. The van der Waals surface area contributed by atoms with Crippen molar-refractivity contribution in [2.24, 2.45) is 0 Å². The average Bonchev–Trinajstić information content (AvgIpc) is 2.74. The summed E-state index contributed by atoms with van der Waals surface area (Å²) in [6, 6.07) is 15.5. The molecule has 0 aliphatic rings. The fourth-order valence-corrected chi connectivity index (χ4v) is 4.64. The van der Waals surface area contributed by atoms with Gasteiger partial charge in [-0.3, -0.25) is 0 Å². The van der Waals surface area contributed by atoms with Crippen LogP contribution in [0.2, 0.25) is 0 Å². The molecule has 32 heavy (non-hydrogen) atoms. The minimum atomic E-state index is -4.09. The van der Waals surface area contributed by atoms with Crippen LogP contribution >= 0.6 is 0 Å². The summed E-state index contributed by atoms with van der Waals surface area (Å²) in [6.45, 7) is -0.0426. The lowest BCUT2D eigenvalue weighted by atomic mass is 10.1. The Morgan fingerprint density at radius 2 is 1.50 bits per heavy atom. The zero-order chi connectivity index (χ0) is 23.3. The summed E-state index contributed by atoms with van der Waals surface area (Å²) in [5, 5.41) is 19.9. The zero-order valence-electron chi connectivity index (χ0n) is 17.3. The van der Waals surface area contributed by atoms with Crippen molar-refractivity contribution in [2.45, 2.75) is 19.2 Å². The molecule has 0 radical (unpaired) electrons. The lowest BCUT2D eigenvalue weighted by Gasteiger charge is -2.24. The normalized spacial score (nSPS) is 12.7. The van der Waals surface area contributed by atoms with Gasteiger partial charge >= 0.3 is 0 Å². The first-order valence-electron chi connectivity index (χ1n) is 9.69. The van der Waals surface area contributed by atoms with Crippen molar-refractivity contribution < 1.29 is 32.1 Å². The third kappa shape index (κ3) is 6.03. The van der Waals surface area contributed by atoms with Crippen molar-refractivity contribution in [3.63, 3.8) is 0 Å². The number of rotatable bonds is 9. The largest absolute Gasteiger partial charge is 0.508 e. The molecule has 6 nitrogen and oxygen atoms in total. The molecule has 0 amide bonds. The number of benzene rings is 3. The maximum atomic E-state index is 14.0. The summed E-state index contributed by atoms with van der Waals surface area (Å²) in [4.78, 5) is 0. The van der Waals surface area contributed by atoms with Gasteiger partial charge in [-0.25, -0.2) is 17.2 Å². The highest BCUT2D eigenvalue weighted by Gasteiger charge is 2.28. The molecule has 0 spiro atoms. The van der Waals surface area contributed by atoms with Gasteiger partial charge in [0, 0.05) is 24.7 Å². The molecule has 0 saturated heterocycles. The SMILES string of the molecule is COc1ccc(CN(Cc2ccc(O)cc2)S(=O)(=O)C[C@@H](O)c2ccc(F)cc2F)cc1. The third-order valence-corrected chi connectivity index (χ3v) is 6.68. The molecule has 2 N–H and O–H groups in total. The van der Waals surface area contributed by atoms with E-state index in [1.807, 2.05) is 0 Å². The molecule has 0 saturated carbocycles. The molecule has 3 rings (SSSR count). The Labute approximate surface area is 185 Å². The molecule has 0 aliphatic carbocycles. The van der Waals surface area contributed by atoms with E-state index >= 15 is 0 Å². The predicted octanol–water partition coefficient (Wildman–Crippen LogP) is 3.74. The number of ether oxygens (including phenoxy) is 1. The Hall–Kier alpha value is -3.01. The van der Waals surface area contributed by atoms with Crippen LogP contribution in [0.4, 0.5) is 8.78 Å². The van der Waals surface area contributed by atoms with E-state index < -0.39 is 33.5 Å². The van der Waals surface area contributed by atoms with E-state index in [-0.39, 0.29) is 24.4 Å². The zero-order valence-corrected chi connectivity index (χ0v) is 18.1. The Bertz CT molecular complexity index is 1150. The minimum absolute atomic E-state index is 0.00811. The molecule has 170 valence electrons. The highest BCUT2D eigenvalue weighted by molar-refractivity contribution is 7.89. The van der Waals surface area contributed by atoms with E-state index in [1.54, 1.807) is 36.4 Å². The minimum Gasteiger partial charge on any atom is -0.508 e. The molecule has 0 unspecified atom stereocenters. The standard InChI is InChI=1S/C23H23F2NO5S/c1-31-20-9-4-17(5-10-20)14-26(13-16-2-7-19(27)8-3-16)32(29,30)15-23(28)21-11-6-18(24)12-22(21)25/h2-12,23,27-28H,13-15H2,1H3/t23-/m1/s1. The highest BCUT2D eigenvalue weighted by Crippen LogP contribution is 2.24. The summed E-state index contributed by atoms with van der Waals surface area (Å²) >= 11 is 0. The molecule has 0 bridgehead atoms. The summed E-state index contributed by atoms with van der Waals surface area (Å²) in [7, 11) is -2.57. The van der Waals surface area contributed by atoms with Crippen molar-refractivity contribution in [1.82, 2.24) is 4.31 Å². The number of halogens is 2. The van der Waals surface area contributed by atoms with E-state index in [9.17, 15) is 27.4 Å². The van der Waals surface area contributed by atoms with E-state index in [1.165, 1.54) is 19.2 Å². The van der Waals surface area contributed by atoms with Crippen molar-refractivity contribution in [2.75, 3.05) is 12.9 Å². The van der Waals surface area contributed by atoms with Crippen LogP contribution in [0, 0.1) is 11.6 Å². The molecule has 1 atom stereocenters. The molecule has 3 aromatic rings. The predicted molar refractivity (Wildman–Crippen MR) is 115 cm³/mol. The van der Waals surface area contributed by atoms with Crippen LogP contribution in [0.3, 0.4) is 0 Å². The van der Waals surface area contributed by atoms with Gasteiger partial charge in [-0.15, -0.1) is 0 Å². The molecule has 0 fully saturated rings. The number of aliphatic hydroxyl groups excluding tert-OH is 1. The first kappa shape index (κ1) is 23.6. The van der Waals surface area contributed by atoms with E-state index in [0.29, 0.717) is 22.9 Å². The van der Waals surface area contributed by atoms with E-state index in [4.69, 9.17) is 4.74 Å². The van der Waals surface area contributed by atoms with Gasteiger partial charge in [-0.05, 0) is 41.5 Å². The second kappa shape index (κ2) is 10.1. The van der Waals surface area contributed by atoms with Crippen LogP contribution in [0.25, 0.3) is 0 Å². The summed E-state index contributed by atoms with van der Waals surface area (Å²) in [5.41, 5.74) is 0.988. The number of phenols is 1. The van der Waals surface area contributed by atoms with Crippen molar-refractivity contribution >= 4 is 10.0 Å². The number of hydrogen-bond donors (Lipinski definition) is 2. The molecular formula is C23H23F2NO5S. The van der Waals surface area contributed by atoms with Crippen LogP contribution in [0.1, 0.15) is 22.8 Å². The van der Waals surface area contributed by atoms with Crippen molar-refractivity contribution in [3.8, 4) is 11.5 Å². The monoisotopic (exact) mass is 463 g/mol. The number of phenolic OH excluding ortho intramolecular Hbond substituents is 1. The second-order valence-electron chi connectivity index (χ2n) is 7.24. The molecule has 0 aromatic heterocycles. The molecular weight excluding hydrogens is 440 g/mol. The summed E-state index contributed by atoms with van der Waals surface area (Å²) in [5.74, 6) is -1.98. The Kier molecular flexibility index (Phi) is 7.44. The number of methoxy groups -OCH3 is 1. The van der Waals surface area contributed by atoms with Crippen LogP contribution in [0.5, 0.6) is 11.5 Å². The van der Waals surface area contributed by atoms with Gasteiger partial charge < -0.3 is 14.9 Å². The number of hydrogen-bond acceptors (Lipinski definition) is 5. The highest BCUT2D eigenvalue weighted by atomic mass is 32.2. The lowest BCUT2D eigenvalue weighted by Crippen LogP contribution is -2.34.